The van der Waals surface area contributed by atoms with Crippen LogP contribution in [0.15, 0.2) is 4.60 Å². The van der Waals surface area contributed by atoms with Gasteiger partial charge in [0.2, 0.25) is 0 Å². The van der Waals surface area contributed by atoms with Gasteiger partial charge in [-0.2, -0.15) is 0 Å². The summed E-state index contributed by atoms with van der Waals surface area (Å²) < 4.78 is 3.05. The minimum absolute atomic E-state index is 0.499. The summed E-state index contributed by atoms with van der Waals surface area (Å²) >= 11 is 3.49. The molecule has 0 bridgehead atoms. The summed E-state index contributed by atoms with van der Waals surface area (Å²) in [4.78, 5) is 4.41. The third kappa shape index (κ3) is 1.69. The van der Waals surface area contributed by atoms with Crippen LogP contribution in [0.25, 0.3) is 0 Å². The van der Waals surface area contributed by atoms with E-state index in [1.54, 1.807) is 0 Å². The second-order valence-corrected chi connectivity index (χ2v) is 3.53. The van der Waals surface area contributed by atoms with E-state index in [9.17, 15) is 0 Å². The molecule has 0 amide bonds. The molecule has 1 aromatic rings. The predicted octanol–water partition coefficient (Wildman–Crippen LogP) is 1.59. The molecule has 0 unspecified atom stereocenters. The van der Waals surface area contributed by atoms with Gasteiger partial charge in [-0.25, -0.2) is 4.98 Å². The molecule has 0 atom stereocenters. The van der Waals surface area contributed by atoms with Crippen LogP contribution in [0.4, 0.5) is 0 Å². The van der Waals surface area contributed by atoms with E-state index >= 15 is 0 Å². The van der Waals surface area contributed by atoms with Gasteiger partial charge >= 0.3 is 0 Å². The van der Waals surface area contributed by atoms with Gasteiger partial charge < -0.3 is 10.3 Å². The summed E-state index contributed by atoms with van der Waals surface area (Å²) in [7, 11) is 1.97. The lowest BCUT2D eigenvalue weighted by atomic mass is 10.3. The van der Waals surface area contributed by atoms with E-state index in [0.29, 0.717) is 6.54 Å². The van der Waals surface area contributed by atoms with Gasteiger partial charge in [0.15, 0.2) is 0 Å². The zero-order chi connectivity index (χ0) is 9.14. The van der Waals surface area contributed by atoms with Gasteiger partial charge in [-0.05, 0) is 22.4 Å². The fourth-order valence-electron chi connectivity index (χ4n) is 1.16. The number of imidazole rings is 1. The first-order valence-electron chi connectivity index (χ1n) is 4.10. The van der Waals surface area contributed by atoms with Crippen molar-refractivity contribution in [3.8, 4) is 0 Å². The molecule has 0 fully saturated rings. The maximum atomic E-state index is 5.52. The molecule has 3 nitrogen and oxygen atoms in total. The van der Waals surface area contributed by atoms with Gasteiger partial charge in [0.25, 0.3) is 0 Å². The molecule has 0 aromatic carbocycles. The van der Waals surface area contributed by atoms with Crippen molar-refractivity contribution in [1.82, 2.24) is 9.55 Å². The Morgan fingerprint density at radius 2 is 2.25 bits per heavy atom. The smallest absolute Gasteiger partial charge is 0.123 e. The SMILES string of the molecule is CCCc1nc(CN)n(C)c1Br. The second-order valence-electron chi connectivity index (χ2n) is 2.78. The van der Waals surface area contributed by atoms with Gasteiger partial charge in [0.1, 0.15) is 10.4 Å². The molecule has 0 saturated carbocycles. The average molecular weight is 232 g/mol. The highest BCUT2D eigenvalue weighted by Crippen LogP contribution is 2.18. The van der Waals surface area contributed by atoms with Crippen molar-refractivity contribution in [2.75, 3.05) is 0 Å². The van der Waals surface area contributed by atoms with E-state index in [0.717, 1.165) is 29.0 Å². The molecule has 0 aliphatic carbocycles. The van der Waals surface area contributed by atoms with Crippen LogP contribution in [0.5, 0.6) is 0 Å². The third-order valence-electron chi connectivity index (χ3n) is 1.85. The first-order valence-corrected chi connectivity index (χ1v) is 4.90. The van der Waals surface area contributed by atoms with Crippen molar-refractivity contribution < 1.29 is 0 Å². The summed E-state index contributed by atoms with van der Waals surface area (Å²) in [5, 5.41) is 0. The van der Waals surface area contributed by atoms with Crippen LogP contribution >= 0.6 is 15.9 Å². The molecule has 68 valence electrons. The molecule has 1 heterocycles. The fraction of sp³-hybridized carbons (Fsp3) is 0.625. The van der Waals surface area contributed by atoms with E-state index in [1.165, 1.54) is 0 Å². The van der Waals surface area contributed by atoms with Crippen molar-refractivity contribution >= 4 is 15.9 Å². The molecule has 2 N–H and O–H groups in total. The van der Waals surface area contributed by atoms with E-state index in [2.05, 4.69) is 27.8 Å². The number of aromatic nitrogens is 2. The summed E-state index contributed by atoms with van der Waals surface area (Å²) in [6.07, 6.45) is 2.12. The Hall–Kier alpha value is -0.350. The molecule has 0 spiro atoms. The highest BCUT2D eigenvalue weighted by Gasteiger charge is 2.09. The van der Waals surface area contributed by atoms with Gasteiger partial charge in [-0.1, -0.05) is 13.3 Å². The zero-order valence-electron chi connectivity index (χ0n) is 7.47. The van der Waals surface area contributed by atoms with Crippen molar-refractivity contribution in [3.63, 3.8) is 0 Å². The average Bonchev–Trinajstić information content (AvgIpc) is 2.33. The lowest BCUT2D eigenvalue weighted by Gasteiger charge is -1.97. The number of rotatable bonds is 3. The van der Waals surface area contributed by atoms with E-state index in [4.69, 9.17) is 5.73 Å². The fourth-order valence-corrected chi connectivity index (χ4v) is 1.65. The third-order valence-corrected chi connectivity index (χ3v) is 2.84. The minimum atomic E-state index is 0.499. The molecule has 1 aromatic heterocycles. The van der Waals surface area contributed by atoms with Crippen molar-refractivity contribution in [2.24, 2.45) is 12.8 Å². The Labute approximate surface area is 81.1 Å². The van der Waals surface area contributed by atoms with E-state index in [1.807, 2.05) is 11.6 Å². The Morgan fingerprint density at radius 3 is 2.67 bits per heavy atom. The van der Waals surface area contributed by atoms with Gasteiger partial charge in [-0.15, -0.1) is 0 Å². The van der Waals surface area contributed by atoms with Crippen LogP contribution in [-0.2, 0) is 20.0 Å². The summed E-state index contributed by atoms with van der Waals surface area (Å²) in [6.45, 7) is 2.64. The van der Waals surface area contributed by atoms with Crippen LogP contribution in [0.2, 0.25) is 0 Å². The Morgan fingerprint density at radius 1 is 1.58 bits per heavy atom. The van der Waals surface area contributed by atoms with Crippen LogP contribution in [0, 0.1) is 0 Å². The highest BCUT2D eigenvalue weighted by molar-refractivity contribution is 9.10. The van der Waals surface area contributed by atoms with Gasteiger partial charge in [0, 0.05) is 7.05 Å². The van der Waals surface area contributed by atoms with E-state index in [-0.39, 0.29) is 0 Å². The lowest BCUT2D eigenvalue weighted by Crippen LogP contribution is -2.04. The van der Waals surface area contributed by atoms with E-state index < -0.39 is 0 Å². The van der Waals surface area contributed by atoms with Crippen LogP contribution in [-0.4, -0.2) is 9.55 Å². The number of nitrogens with zero attached hydrogens (tertiary/aromatic N) is 2. The summed E-state index contributed by atoms with van der Waals surface area (Å²) in [6, 6.07) is 0. The number of hydrogen-bond acceptors (Lipinski definition) is 2. The highest BCUT2D eigenvalue weighted by atomic mass is 79.9. The van der Waals surface area contributed by atoms with Crippen LogP contribution in [0.3, 0.4) is 0 Å². The Kier molecular flexibility index (Phi) is 3.29. The van der Waals surface area contributed by atoms with Crippen molar-refractivity contribution in [3.05, 3.63) is 16.1 Å². The molecule has 12 heavy (non-hydrogen) atoms. The molecular weight excluding hydrogens is 218 g/mol. The Bertz CT molecular complexity index is 268. The second kappa shape index (κ2) is 4.05. The largest absolute Gasteiger partial charge is 0.325 e. The standard InChI is InChI=1S/C8H14BrN3/c1-3-4-6-8(9)12(2)7(5-10)11-6/h3-5,10H2,1-2H3. The minimum Gasteiger partial charge on any atom is -0.325 e. The molecule has 0 radical (unpaired) electrons. The zero-order valence-corrected chi connectivity index (χ0v) is 9.06. The number of aryl methyl sites for hydroxylation is 1. The molecule has 1 rings (SSSR count). The first kappa shape index (κ1) is 9.74. The molecule has 4 heteroatoms. The number of halogens is 1. The Balaban J connectivity index is 2.98. The normalized spacial score (nSPS) is 10.7. The first-order chi connectivity index (χ1) is 5.70. The van der Waals surface area contributed by atoms with Crippen molar-refractivity contribution in [2.45, 2.75) is 26.3 Å². The van der Waals surface area contributed by atoms with Crippen LogP contribution in [0.1, 0.15) is 24.9 Å². The summed E-state index contributed by atoms with van der Waals surface area (Å²) in [5.74, 6) is 0.935. The molecule has 0 saturated heterocycles. The van der Waals surface area contributed by atoms with Gasteiger partial charge in [0.05, 0.1) is 12.2 Å². The molecule has 0 aliphatic heterocycles. The maximum Gasteiger partial charge on any atom is 0.123 e. The predicted molar refractivity (Wildman–Crippen MR) is 52.8 cm³/mol. The number of hydrogen-bond donors (Lipinski definition) is 1. The molecule has 0 aliphatic rings. The monoisotopic (exact) mass is 231 g/mol. The quantitative estimate of drug-likeness (QED) is 0.860. The maximum absolute atomic E-state index is 5.52. The summed E-state index contributed by atoms with van der Waals surface area (Å²) in [5.41, 5.74) is 6.64. The van der Waals surface area contributed by atoms with Crippen LogP contribution < -0.4 is 5.73 Å². The number of nitrogens with two attached hydrogens (primary N) is 1. The lowest BCUT2D eigenvalue weighted by molar-refractivity contribution is 0.781. The van der Waals surface area contributed by atoms with Crippen molar-refractivity contribution in [1.29, 1.82) is 0 Å². The topological polar surface area (TPSA) is 43.8 Å². The molecular formula is C8H14BrN3. The van der Waals surface area contributed by atoms with Gasteiger partial charge in [-0.3, -0.25) is 0 Å².